The summed E-state index contributed by atoms with van der Waals surface area (Å²) in [6.45, 7) is 4.16. The van der Waals surface area contributed by atoms with Crippen LogP contribution in [0, 0.1) is 0 Å². The maximum Gasteiger partial charge on any atom is 0.159 e. The van der Waals surface area contributed by atoms with Crippen molar-refractivity contribution in [2.45, 2.75) is 0 Å². The topological polar surface area (TPSA) is 108 Å². The molecule has 182 valence electrons. The number of nitrogens with zero attached hydrogens (tertiary/aromatic N) is 5. The molecule has 6 heterocycles. The molecule has 0 aliphatic carbocycles. The van der Waals surface area contributed by atoms with Crippen LogP contribution in [-0.2, 0) is 0 Å². The fourth-order valence-electron chi connectivity index (χ4n) is 4.46. The molecule has 0 radical (unpaired) electrons. The molecule has 0 spiro atoms. The minimum atomic E-state index is 0.667. The molecular formula is C29H20N8S. The van der Waals surface area contributed by atoms with Crippen molar-refractivity contribution >= 4 is 44.7 Å². The van der Waals surface area contributed by atoms with E-state index in [-0.39, 0.29) is 0 Å². The van der Waals surface area contributed by atoms with Crippen LogP contribution in [0.4, 0.5) is 5.69 Å². The highest BCUT2D eigenvalue weighted by Gasteiger charge is 2.17. The zero-order valence-corrected chi connectivity index (χ0v) is 20.8. The number of aromatic amines is 2. The Hall–Kier alpha value is -5.15. The summed E-state index contributed by atoms with van der Waals surface area (Å²) < 4.78 is 0. The van der Waals surface area contributed by atoms with Crippen LogP contribution < -0.4 is 5.32 Å². The average Bonchev–Trinajstić information content (AvgIpc) is 3.73. The third-order valence-electron chi connectivity index (χ3n) is 6.35. The molecule has 3 N–H and O–H groups in total. The second-order valence-corrected chi connectivity index (χ2v) is 9.58. The minimum absolute atomic E-state index is 0.667. The van der Waals surface area contributed by atoms with Crippen molar-refractivity contribution < 1.29 is 0 Å². The molecule has 0 saturated heterocycles. The third-order valence-corrected chi connectivity index (χ3v) is 7.03. The molecule has 0 fully saturated rings. The normalized spacial score (nSPS) is 11.3. The van der Waals surface area contributed by atoms with Crippen LogP contribution in [0.5, 0.6) is 0 Å². The number of pyridine rings is 3. The van der Waals surface area contributed by atoms with E-state index in [9.17, 15) is 0 Å². The zero-order valence-electron chi connectivity index (χ0n) is 20.0. The quantitative estimate of drug-likeness (QED) is 0.227. The Morgan fingerprint density at radius 1 is 0.895 bits per heavy atom. The van der Waals surface area contributed by atoms with Gasteiger partial charge in [-0.1, -0.05) is 36.9 Å². The van der Waals surface area contributed by atoms with Crippen molar-refractivity contribution in [3.05, 3.63) is 102 Å². The van der Waals surface area contributed by atoms with Crippen LogP contribution in [0.15, 0.2) is 96.9 Å². The Kier molecular flexibility index (Phi) is 5.26. The van der Waals surface area contributed by atoms with Gasteiger partial charge in [-0.15, -0.1) is 0 Å². The molecule has 9 heteroatoms. The van der Waals surface area contributed by atoms with Crippen LogP contribution >= 0.6 is 11.3 Å². The number of fused-ring (bicyclic) bond motifs is 2. The smallest absolute Gasteiger partial charge is 0.159 e. The fraction of sp³-hybridized carbons (Fsp3) is 0. The lowest BCUT2D eigenvalue weighted by atomic mass is 10.1. The summed E-state index contributed by atoms with van der Waals surface area (Å²) >= 11 is 1.65. The predicted molar refractivity (Wildman–Crippen MR) is 152 cm³/mol. The number of aromatic nitrogens is 7. The van der Waals surface area contributed by atoms with E-state index in [1.165, 1.54) is 0 Å². The van der Waals surface area contributed by atoms with E-state index >= 15 is 0 Å². The van der Waals surface area contributed by atoms with E-state index in [4.69, 9.17) is 4.98 Å². The predicted octanol–water partition coefficient (Wildman–Crippen LogP) is 6.77. The molecule has 0 aliphatic rings. The molecule has 0 unspecified atom stereocenters. The van der Waals surface area contributed by atoms with E-state index in [2.05, 4.69) is 53.5 Å². The van der Waals surface area contributed by atoms with Gasteiger partial charge in [0.25, 0.3) is 0 Å². The Labute approximate surface area is 221 Å². The molecule has 7 aromatic rings. The Morgan fingerprint density at radius 3 is 2.66 bits per heavy atom. The Balaban J connectivity index is 1.25. The summed E-state index contributed by atoms with van der Waals surface area (Å²) in [5, 5.41) is 16.0. The first-order valence-electron chi connectivity index (χ1n) is 11.9. The summed E-state index contributed by atoms with van der Waals surface area (Å²) in [6, 6.07) is 16.1. The zero-order chi connectivity index (χ0) is 25.5. The van der Waals surface area contributed by atoms with Gasteiger partial charge in [0.05, 0.1) is 41.0 Å². The molecule has 0 aliphatic heterocycles. The molecular weight excluding hydrogens is 492 g/mol. The van der Waals surface area contributed by atoms with Gasteiger partial charge >= 0.3 is 0 Å². The number of thiophene rings is 1. The van der Waals surface area contributed by atoms with Crippen molar-refractivity contribution in [1.29, 1.82) is 0 Å². The number of H-pyrrole nitrogens is 2. The summed E-state index contributed by atoms with van der Waals surface area (Å²) in [6.07, 6.45) is 8.99. The number of rotatable bonds is 6. The number of anilines is 1. The Bertz CT molecular complexity index is 1920. The van der Waals surface area contributed by atoms with Crippen LogP contribution in [0.2, 0.25) is 0 Å². The number of imidazole rings is 1. The average molecular weight is 513 g/mol. The lowest BCUT2D eigenvalue weighted by Gasteiger charge is -2.10. The van der Waals surface area contributed by atoms with Crippen LogP contribution in [0.3, 0.4) is 0 Å². The van der Waals surface area contributed by atoms with E-state index in [1.807, 2.05) is 54.0 Å². The first-order valence-corrected chi connectivity index (χ1v) is 12.8. The van der Waals surface area contributed by atoms with Crippen molar-refractivity contribution in [3.8, 4) is 33.9 Å². The molecule has 7 rings (SSSR count). The highest BCUT2D eigenvalue weighted by Crippen LogP contribution is 2.33. The first-order chi connectivity index (χ1) is 18.7. The second kappa shape index (κ2) is 9.06. The van der Waals surface area contributed by atoms with Crippen LogP contribution in [0.1, 0.15) is 5.56 Å². The monoisotopic (exact) mass is 512 g/mol. The van der Waals surface area contributed by atoms with Gasteiger partial charge in [0, 0.05) is 34.6 Å². The maximum absolute atomic E-state index is 4.91. The van der Waals surface area contributed by atoms with Crippen molar-refractivity contribution in [2.75, 3.05) is 5.32 Å². The van der Waals surface area contributed by atoms with Crippen molar-refractivity contribution in [3.63, 3.8) is 0 Å². The lowest BCUT2D eigenvalue weighted by molar-refractivity contribution is 1.10. The van der Waals surface area contributed by atoms with Gasteiger partial charge in [0.1, 0.15) is 11.2 Å². The summed E-state index contributed by atoms with van der Waals surface area (Å²) in [5.74, 6) is 0.667. The van der Waals surface area contributed by atoms with Gasteiger partial charge in [0.15, 0.2) is 5.82 Å². The SMILES string of the molecule is C=C(Nc1cncc(-c2cc3c(-c4nc5c(-c6ccsc6)cncc5[nH]4)n[nH]c3cn2)c1)c1ccccc1. The molecule has 0 saturated carbocycles. The molecule has 1 aromatic carbocycles. The number of benzene rings is 1. The fourth-order valence-corrected chi connectivity index (χ4v) is 5.12. The van der Waals surface area contributed by atoms with E-state index < -0.39 is 0 Å². The Morgan fingerprint density at radius 2 is 1.79 bits per heavy atom. The molecule has 38 heavy (non-hydrogen) atoms. The third kappa shape index (κ3) is 3.91. The van der Waals surface area contributed by atoms with E-state index in [0.717, 1.165) is 67.0 Å². The summed E-state index contributed by atoms with van der Waals surface area (Å²) in [7, 11) is 0. The summed E-state index contributed by atoms with van der Waals surface area (Å²) in [5.41, 5.74) is 9.64. The van der Waals surface area contributed by atoms with Crippen molar-refractivity contribution in [1.82, 2.24) is 35.1 Å². The standard InChI is InChI=1S/C29H20N8S/c1-17(18-5-3-2-4-6-18)33-21-9-20(11-30-12-21)24-10-22-25(15-32-24)36-37-28(22)29-34-26-14-31-13-23(27(26)35-29)19-7-8-38-16-19/h2-16,33H,1H2,(H,34,35)(H,36,37). The van der Waals surface area contributed by atoms with Gasteiger partial charge in [-0.3, -0.25) is 20.1 Å². The molecule has 6 aromatic heterocycles. The van der Waals surface area contributed by atoms with Gasteiger partial charge in [-0.2, -0.15) is 16.4 Å². The maximum atomic E-state index is 4.91. The van der Waals surface area contributed by atoms with Gasteiger partial charge in [-0.05, 0) is 40.1 Å². The minimum Gasteiger partial charge on any atom is -0.354 e. The highest BCUT2D eigenvalue weighted by atomic mass is 32.1. The lowest BCUT2D eigenvalue weighted by Crippen LogP contribution is -1.98. The number of hydrogen-bond acceptors (Lipinski definition) is 7. The van der Waals surface area contributed by atoms with Crippen LogP contribution in [0.25, 0.3) is 61.5 Å². The molecule has 8 nitrogen and oxygen atoms in total. The number of hydrogen-bond donors (Lipinski definition) is 3. The van der Waals surface area contributed by atoms with Crippen molar-refractivity contribution in [2.24, 2.45) is 0 Å². The van der Waals surface area contributed by atoms with Gasteiger partial charge in [0.2, 0.25) is 0 Å². The molecule has 0 atom stereocenters. The largest absolute Gasteiger partial charge is 0.354 e. The first kappa shape index (κ1) is 22.1. The molecule has 0 bridgehead atoms. The second-order valence-electron chi connectivity index (χ2n) is 8.80. The van der Waals surface area contributed by atoms with Gasteiger partial charge < -0.3 is 10.3 Å². The van der Waals surface area contributed by atoms with E-state index in [0.29, 0.717) is 5.82 Å². The summed E-state index contributed by atoms with van der Waals surface area (Å²) in [4.78, 5) is 21.8. The van der Waals surface area contributed by atoms with Crippen LogP contribution in [-0.4, -0.2) is 35.1 Å². The molecule has 0 amide bonds. The highest BCUT2D eigenvalue weighted by molar-refractivity contribution is 7.08. The number of nitrogens with one attached hydrogen (secondary N) is 3. The van der Waals surface area contributed by atoms with E-state index in [1.54, 1.807) is 36.1 Å². The van der Waals surface area contributed by atoms with Gasteiger partial charge in [-0.25, -0.2) is 4.98 Å².